The summed E-state index contributed by atoms with van der Waals surface area (Å²) in [5, 5.41) is 5.22. The maximum absolute atomic E-state index is 11.9. The lowest BCUT2D eigenvalue weighted by atomic mass is 10.1. The number of ether oxygens (including phenoxy) is 1. The number of rotatable bonds is 7. The molecular weight excluding hydrogens is 258 g/mol. The van der Waals surface area contributed by atoms with Crippen molar-refractivity contribution in [3.63, 3.8) is 0 Å². The molecule has 0 bridgehead atoms. The Bertz CT molecular complexity index is 475. The molecule has 1 rings (SSSR count). The van der Waals surface area contributed by atoms with Crippen LogP contribution in [-0.4, -0.2) is 31.5 Å². The van der Waals surface area contributed by atoms with Crippen molar-refractivity contribution in [2.45, 2.75) is 20.3 Å². The standard InChI is InChI=1S/C14H21N3O3/c1-3-7-16-13(18)9-17-14(19)10-5-6-12(20-4-2)11(15)8-10/h5-6,8H,3-4,7,9,15H2,1-2H3,(H,16,18)(H,17,19). The molecule has 1 aromatic rings. The molecule has 0 aliphatic rings. The summed E-state index contributed by atoms with van der Waals surface area (Å²) in [7, 11) is 0. The zero-order valence-corrected chi connectivity index (χ0v) is 11.9. The Morgan fingerprint density at radius 1 is 1.25 bits per heavy atom. The molecule has 20 heavy (non-hydrogen) atoms. The van der Waals surface area contributed by atoms with Crippen LogP contribution in [0.1, 0.15) is 30.6 Å². The molecule has 0 aliphatic heterocycles. The number of carbonyl (C=O) groups is 2. The Labute approximate surface area is 118 Å². The van der Waals surface area contributed by atoms with Gasteiger partial charge in [0.1, 0.15) is 5.75 Å². The SMILES string of the molecule is CCCNC(=O)CNC(=O)c1ccc(OCC)c(N)c1. The van der Waals surface area contributed by atoms with Gasteiger partial charge in [0.2, 0.25) is 5.91 Å². The molecule has 0 atom stereocenters. The van der Waals surface area contributed by atoms with Gasteiger partial charge < -0.3 is 21.1 Å². The van der Waals surface area contributed by atoms with Crippen molar-refractivity contribution in [1.82, 2.24) is 10.6 Å². The maximum atomic E-state index is 11.9. The normalized spacial score (nSPS) is 9.90. The zero-order chi connectivity index (χ0) is 15.0. The molecule has 110 valence electrons. The molecule has 6 heteroatoms. The second kappa shape index (κ2) is 8.04. The van der Waals surface area contributed by atoms with Crippen LogP contribution in [0.2, 0.25) is 0 Å². The monoisotopic (exact) mass is 279 g/mol. The van der Waals surface area contributed by atoms with Gasteiger partial charge in [0.15, 0.2) is 0 Å². The second-order valence-corrected chi connectivity index (χ2v) is 4.22. The summed E-state index contributed by atoms with van der Waals surface area (Å²) in [6, 6.07) is 4.79. The molecule has 0 fully saturated rings. The Hall–Kier alpha value is -2.24. The lowest BCUT2D eigenvalue weighted by Gasteiger charge is -2.09. The van der Waals surface area contributed by atoms with E-state index in [0.717, 1.165) is 6.42 Å². The van der Waals surface area contributed by atoms with Gasteiger partial charge in [0.05, 0.1) is 18.8 Å². The number of hydrogen-bond donors (Lipinski definition) is 3. The van der Waals surface area contributed by atoms with E-state index < -0.39 is 0 Å². The Balaban J connectivity index is 2.55. The van der Waals surface area contributed by atoms with Crippen molar-refractivity contribution in [2.24, 2.45) is 0 Å². The molecule has 0 aliphatic carbocycles. The van der Waals surface area contributed by atoms with Crippen molar-refractivity contribution < 1.29 is 14.3 Å². The largest absolute Gasteiger partial charge is 0.492 e. The molecule has 0 saturated heterocycles. The number of nitrogen functional groups attached to an aromatic ring is 1. The smallest absolute Gasteiger partial charge is 0.251 e. The third kappa shape index (κ3) is 4.79. The highest BCUT2D eigenvalue weighted by molar-refractivity contribution is 5.97. The minimum atomic E-state index is -0.341. The van der Waals surface area contributed by atoms with E-state index in [1.54, 1.807) is 12.1 Å². The molecule has 0 aromatic heterocycles. The maximum Gasteiger partial charge on any atom is 0.251 e. The van der Waals surface area contributed by atoms with Crippen LogP contribution in [0.15, 0.2) is 18.2 Å². The number of hydrogen-bond acceptors (Lipinski definition) is 4. The van der Waals surface area contributed by atoms with E-state index in [1.165, 1.54) is 6.07 Å². The average molecular weight is 279 g/mol. The minimum absolute atomic E-state index is 0.0497. The third-order valence-corrected chi connectivity index (χ3v) is 2.55. The van der Waals surface area contributed by atoms with Crippen LogP contribution in [0, 0.1) is 0 Å². The number of nitrogens with one attached hydrogen (secondary N) is 2. The summed E-state index contributed by atoms with van der Waals surface area (Å²) in [6.07, 6.45) is 0.856. The third-order valence-electron chi connectivity index (χ3n) is 2.55. The number of anilines is 1. The van der Waals surface area contributed by atoms with Crippen LogP contribution < -0.4 is 21.1 Å². The first-order valence-electron chi connectivity index (χ1n) is 6.65. The molecular formula is C14H21N3O3. The van der Waals surface area contributed by atoms with Crippen LogP contribution in [0.3, 0.4) is 0 Å². The van der Waals surface area contributed by atoms with Gasteiger partial charge in [-0.1, -0.05) is 6.92 Å². The molecule has 0 unspecified atom stereocenters. The highest BCUT2D eigenvalue weighted by atomic mass is 16.5. The molecule has 0 radical (unpaired) electrons. The summed E-state index contributed by atoms with van der Waals surface area (Å²) >= 11 is 0. The van der Waals surface area contributed by atoms with Gasteiger partial charge in [-0.3, -0.25) is 9.59 Å². The lowest BCUT2D eigenvalue weighted by Crippen LogP contribution is -2.37. The Kier molecular flexibility index (Phi) is 6.36. The van der Waals surface area contributed by atoms with Gasteiger partial charge in [-0.25, -0.2) is 0 Å². The van der Waals surface area contributed by atoms with Crippen LogP contribution in [0.4, 0.5) is 5.69 Å². The Morgan fingerprint density at radius 2 is 2.00 bits per heavy atom. The van der Waals surface area contributed by atoms with Crippen molar-refractivity contribution in [2.75, 3.05) is 25.4 Å². The topological polar surface area (TPSA) is 93.5 Å². The van der Waals surface area contributed by atoms with E-state index in [1.807, 2.05) is 13.8 Å². The molecule has 0 heterocycles. The predicted molar refractivity (Wildman–Crippen MR) is 77.7 cm³/mol. The first-order valence-corrected chi connectivity index (χ1v) is 6.65. The van der Waals surface area contributed by atoms with Crippen molar-refractivity contribution in [1.29, 1.82) is 0 Å². The van der Waals surface area contributed by atoms with Gasteiger partial charge in [0, 0.05) is 12.1 Å². The fourth-order valence-electron chi connectivity index (χ4n) is 1.57. The van der Waals surface area contributed by atoms with E-state index in [2.05, 4.69) is 10.6 Å². The van der Waals surface area contributed by atoms with Crippen molar-refractivity contribution in [3.05, 3.63) is 23.8 Å². The molecule has 0 spiro atoms. The quantitative estimate of drug-likeness (QED) is 0.647. The molecule has 0 saturated carbocycles. The van der Waals surface area contributed by atoms with Crippen molar-refractivity contribution in [3.8, 4) is 5.75 Å². The predicted octanol–water partition coefficient (Wildman–Crippen LogP) is 0.923. The van der Waals surface area contributed by atoms with E-state index >= 15 is 0 Å². The summed E-state index contributed by atoms with van der Waals surface area (Å²) in [4.78, 5) is 23.2. The summed E-state index contributed by atoms with van der Waals surface area (Å²) < 4.78 is 5.29. The number of amides is 2. The van der Waals surface area contributed by atoms with Crippen LogP contribution >= 0.6 is 0 Å². The number of benzene rings is 1. The van der Waals surface area contributed by atoms with Gasteiger partial charge in [-0.2, -0.15) is 0 Å². The number of nitrogens with two attached hydrogens (primary N) is 1. The van der Waals surface area contributed by atoms with E-state index in [9.17, 15) is 9.59 Å². The fourth-order valence-corrected chi connectivity index (χ4v) is 1.57. The lowest BCUT2D eigenvalue weighted by molar-refractivity contribution is -0.120. The highest BCUT2D eigenvalue weighted by Gasteiger charge is 2.10. The summed E-state index contributed by atoms with van der Waals surface area (Å²) in [5.74, 6) is -0.00440. The average Bonchev–Trinajstić information content (AvgIpc) is 2.44. The van der Waals surface area contributed by atoms with E-state index in [-0.39, 0.29) is 18.4 Å². The van der Waals surface area contributed by atoms with Crippen LogP contribution in [-0.2, 0) is 4.79 Å². The molecule has 1 aromatic carbocycles. The van der Waals surface area contributed by atoms with Crippen LogP contribution in [0.5, 0.6) is 5.75 Å². The molecule has 6 nitrogen and oxygen atoms in total. The van der Waals surface area contributed by atoms with Crippen LogP contribution in [0.25, 0.3) is 0 Å². The first-order chi connectivity index (χ1) is 9.58. The molecule has 4 N–H and O–H groups in total. The Morgan fingerprint density at radius 3 is 2.60 bits per heavy atom. The van der Waals surface area contributed by atoms with E-state index in [4.69, 9.17) is 10.5 Å². The van der Waals surface area contributed by atoms with E-state index in [0.29, 0.717) is 30.2 Å². The fraction of sp³-hybridized carbons (Fsp3) is 0.429. The highest BCUT2D eigenvalue weighted by Crippen LogP contribution is 2.22. The summed E-state index contributed by atoms with van der Waals surface area (Å²) in [5.41, 5.74) is 6.58. The van der Waals surface area contributed by atoms with Gasteiger partial charge in [0.25, 0.3) is 5.91 Å². The number of carbonyl (C=O) groups excluding carboxylic acids is 2. The van der Waals surface area contributed by atoms with Gasteiger partial charge >= 0.3 is 0 Å². The van der Waals surface area contributed by atoms with Gasteiger partial charge in [-0.15, -0.1) is 0 Å². The van der Waals surface area contributed by atoms with Gasteiger partial charge in [-0.05, 0) is 31.5 Å². The van der Waals surface area contributed by atoms with Crippen molar-refractivity contribution >= 4 is 17.5 Å². The molecule has 2 amide bonds. The zero-order valence-electron chi connectivity index (χ0n) is 11.9. The summed E-state index contributed by atoms with van der Waals surface area (Å²) in [6.45, 7) is 4.88. The minimum Gasteiger partial charge on any atom is -0.492 e. The second-order valence-electron chi connectivity index (χ2n) is 4.22. The first kappa shape index (κ1) is 15.8.